The van der Waals surface area contributed by atoms with Gasteiger partial charge in [0.15, 0.2) is 0 Å². The highest BCUT2D eigenvalue weighted by Gasteiger charge is 2.62. The number of rotatable bonds is 2. The largest absolute Gasteiger partial charge is 0.390 e. The molecule has 1 heterocycles. The van der Waals surface area contributed by atoms with Gasteiger partial charge in [-0.15, -0.1) is 12.4 Å². The number of carbonyl (C=O) groups is 1. The summed E-state index contributed by atoms with van der Waals surface area (Å²) in [4.78, 5) is 14.9. The summed E-state index contributed by atoms with van der Waals surface area (Å²) in [5.74, 6) is 1.56. The van der Waals surface area contributed by atoms with E-state index in [0.29, 0.717) is 24.2 Å². The van der Waals surface area contributed by atoms with Crippen molar-refractivity contribution in [2.45, 2.75) is 75.1 Å². The van der Waals surface area contributed by atoms with Gasteiger partial charge in [-0.3, -0.25) is 4.79 Å². The molecular formula is C18H26ClN3O2. The van der Waals surface area contributed by atoms with E-state index in [-0.39, 0.29) is 35.8 Å². The molecule has 6 fully saturated rings. The normalized spacial score (nSPS) is 51.5. The fourth-order valence-corrected chi connectivity index (χ4v) is 6.96. The van der Waals surface area contributed by atoms with Gasteiger partial charge in [-0.25, -0.2) is 0 Å². The molecule has 4 bridgehead atoms. The van der Waals surface area contributed by atoms with Crippen LogP contribution >= 0.6 is 12.4 Å². The number of halogens is 1. The number of likely N-dealkylation sites (tertiary alicyclic amines) is 1. The van der Waals surface area contributed by atoms with Crippen molar-refractivity contribution in [3.05, 3.63) is 0 Å². The van der Waals surface area contributed by atoms with E-state index in [0.717, 1.165) is 38.5 Å². The second kappa shape index (κ2) is 5.09. The van der Waals surface area contributed by atoms with Crippen molar-refractivity contribution in [1.29, 1.82) is 5.26 Å². The highest BCUT2D eigenvalue weighted by Crippen LogP contribution is 2.63. The summed E-state index contributed by atoms with van der Waals surface area (Å²) in [5.41, 5.74) is 5.71. The van der Waals surface area contributed by atoms with Crippen LogP contribution in [0.5, 0.6) is 0 Å². The molecule has 0 spiro atoms. The first kappa shape index (κ1) is 16.6. The molecule has 5 saturated carbocycles. The Balaban J connectivity index is 0.00000146. The minimum absolute atomic E-state index is 0. The molecule has 6 aliphatic rings. The van der Waals surface area contributed by atoms with Crippen molar-refractivity contribution in [2.75, 3.05) is 0 Å². The molecular weight excluding hydrogens is 326 g/mol. The average molecular weight is 352 g/mol. The van der Waals surface area contributed by atoms with Crippen molar-refractivity contribution in [3.63, 3.8) is 0 Å². The first-order valence-electron chi connectivity index (χ1n) is 9.13. The molecule has 1 saturated heterocycles. The number of nitriles is 1. The molecule has 5 aliphatic carbocycles. The quantitative estimate of drug-likeness (QED) is 0.790. The lowest BCUT2D eigenvalue weighted by Gasteiger charge is -2.61. The predicted octanol–water partition coefficient (Wildman–Crippen LogP) is 1.58. The minimum Gasteiger partial charge on any atom is -0.390 e. The molecule has 0 radical (unpaired) electrons. The second-order valence-corrected chi connectivity index (χ2v) is 9.21. The van der Waals surface area contributed by atoms with Gasteiger partial charge in [-0.1, -0.05) is 0 Å². The van der Waals surface area contributed by atoms with Crippen LogP contribution in [0.2, 0.25) is 0 Å². The molecule has 2 unspecified atom stereocenters. The molecule has 1 amide bonds. The van der Waals surface area contributed by atoms with E-state index in [9.17, 15) is 15.2 Å². The Morgan fingerprint density at radius 3 is 2.46 bits per heavy atom. The molecule has 24 heavy (non-hydrogen) atoms. The maximum atomic E-state index is 13.1. The fourth-order valence-electron chi connectivity index (χ4n) is 6.96. The third-order valence-electron chi connectivity index (χ3n) is 7.51. The molecule has 132 valence electrons. The monoisotopic (exact) mass is 351 g/mol. The van der Waals surface area contributed by atoms with Crippen LogP contribution in [0, 0.1) is 34.5 Å². The Labute approximate surface area is 149 Å². The third-order valence-corrected chi connectivity index (χ3v) is 7.51. The van der Waals surface area contributed by atoms with Crippen LogP contribution in [0.3, 0.4) is 0 Å². The SMILES string of the molecule is Cl.N#C[C@H]1C[C@@H]2C[C@@H]2N1C(=O)[C@H](N)C12CC3CC(CC(O)(C3)C1)C2. The van der Waals surface area contributed by atoms with Crippen LogP contribution in [-0.2, 0) is 4.79 Å². The molecule has 0 aromatic carbocycles. The Hall–Kier alpha value is -0.830. The van der Waals surface area contributed by atoms with E-state index in [1.165, 1.54) is 6.42 Å². The van der Waals surface area contributed by atoms with Gasteiger partial charge >= 0.3 is 0 Å². The number of fused-ring (bicyclic) bond motifs is 1. The van der Waals surface area contributed by atoms with Gasteiger partial charge in [0.2, 0.25) is 5.91 Å². The fraction of sp³-hybridized carbons (Fsp3) is 0.889. The van der Waals surface area contributed by atoms with Gasteiger partial charge < -0.3 is 15.7 Å². The third kappa shape index (κ3) is 2.16. The smallest absolute Gasteiger partial charge is 0.241 e. The summed E-state index contributed by atoms with van der Waals surface area (Å²) in [6.45, 7) is 0. The molecule has 0 aromatic rings. The average Bonchev–Trinajstić information content (AvgIpc) is 3.14. The van der Waals surface area contributed by atoms with E-state index >= 15 is 0 Å². The number of carbonyl (C=O) groups excluding carboxylic acids is 1. The van der Waals surface area contributed by atoms with Crippen molar-refractivity contribution in [2.24, 2.45) is 28.9 Å². The first-order chi connectivity index (χ1) is 10.9. The van der Waals surface area contributed by atoms with Gasteiger partial charge in [-0.05, 0) is 74.5 Å². The Morgan fingerprint density at radius 2 is 1.88 bits per heavy atom. The number of piperidine rings is 1. The van der Waals surface area contributed by atoms with Crippen molar-refractivity contribution < 1.29 is 9.90 Å². The van der Waals surface area contributed by atoms with Crippen LogP contribution in [0.15, 0.2) is 0 Å². The van der Waals surface area contributed by atoms with Crippen molar-refractivity contribution in [1.82, 2.24) is 4.90 Å². The van der Waals surface area contributed by atoms with Gasteiger partial charge in [0, 0.05) is 6.04 Å². The summed E-state index contributed by atoms with van der Waals surface area (Å²) in [6.07, 6.45) is 7.48. The Bertz CT molecular complexity index is 604. The zero-order chi connectivity index (χ0) is 16.0. The van der Waals surface area contributed by atoms with E-state index in [2.05, 4.69) is 6.07 Å². The van der Waals surface area contributed by atoms with Crippen LogP contribution in [-0.4, -0.2) is 39.6 Å². The Morgan fingerprint density at radius 1 is 1.21 bits per heavy atom. The first-order valence-corrected chi connectivity index (χ1v) is 9.13. The van der Waals surface area contributed by atoms with Crippen molar-refractivity contribution >= 4 is 18.3 Å². The molecule has 3 N–H and O–H groups in total. The van der Waals surface area contributed by atoms with E-state index < -0.39 is 11.6 Å². The van der Waals surface area contributed by atoms with Gasteiger partial charge in [0.1, 0.15) is 6.04 Å². The zero-order valence-electron chi connectivity index (χ0n) is 13.9. The standard InChI is InChI=1S/C18H25N3O2.ClH/c19-8-13-2-12-3-14(12)21(13)16(22)15(20)17-4-10-1-11(5-17)7-18(23,6-10)9-17;/h10-15,23H,1-7,9,20H2;1H/t10?,11?,12-,13-,14+,15+,17?,18?;/m1./s1. The highest BCUT2D eigenvalue weighted by atomic mass is 35.5. The topological polar surface area (TPSA) is 90.4 Å². The van der Waals surface area contributed by atoms with Gasteiger partial charge in [0.25, 0.3) is 0 Å². The summed E-state index contributed by atoms with van der Waals surface area (Å²) in [7, 11) is 0. The number of nitrogens with two attached hydrogens (primary N) is 1. The molecule has 5 nitrogen and oxygen atoms in total. The highest BCUT2D eigenvalue weighted by molar-refractivity contribution is 5.85. The van der Waals surface area contributed by atoms with E-state index in [1.54, 1.807) is 4.90 Å². The number of hydrogen-bond acceptors (Lipinski definition) is 4. The summed E-state index contributed by atoms with van der Waals surface area (Å²) < 4.78 is 0. The zero-order valence-corrected chi connectivity index (χ0v) is 14.7. The maximum absolute atomic E-state index is 13.1. The van der Waals surface area contributed by atoms with Gasteiger partial charge in [-0.2, -0.15) is 5.26 Å². The maximum Gasteiger partial charge on any atom is 0.241 e. The number of hydrogen-bond donors (Lipinski definition) is 2. The molecule has 6 rings (SSSR count). The van der Waals surface area contributed by atoms with Crippen LogP contribution in [0.1, 0.15) is 51.4 Å². The van der Waals surface area contributed by atoms with E-state index in [1.807, 2.05) is 0 Å². The summed E-state index contributed by atoms with van der Waals surface area (Å²) >= 11 is 0. The minimum atomic E-state index is -0.594. The molecule has 1 aliphatic heterocycles. The molecule has 0 aromatic heterocycles. The van der Waals surface area contributed by atoms with E-state index in [4.69, 9.17) is 5.73 Å². The lowest BCUT2D eigenvalue weighted by Crippen LogP contribution is -2.64. The lowest BCUT2D eigenvalue weighted by atomic mass is 9.46. The summed E-state index contributed by atoms with van der Waals surface area (Å²) in [6, 6.07) is 1.72. The van der Waals surface area contributed by atoms with Crippen LogP contribution < -0.4 is 5.73 Å². The molecule has 6 heteroatoms. The number of aliphatic hydroxyl groups is 1. The summed E-state index contributed by atoms with van der Waals surface area (Å²) in [5, 5.41) is 20.2. The van der Waals surface area contributed by atoms with Crippen molar-refractivity contribution in [3.8, 4) is 6.07 Å². The predicted molar refractivity (Wildman–Crippen MR) is 90.0 cm³/mol. The lowest BCUT2D eigenvalue weighted by molar-refractivity contribution is -0.177. The molecule has 6 atom stereocenters. The Kier molecular flexibility index (Phi) is 3.53. The van der Waals surface area contributed by atoms with Gasteiger partial charge in [0.05, 0.1) is 17.7 Å². The van der Waals surface area contributed by atoms with Crippen LogP contribution in [0.4, 0.5) is 0 Å². The second-order valence-electron chi connectivity index (χ2n) is 9.21. The number of amides is 1. The number of nitrogens with zero attached hydrogens (tertiary/aromatic N) is 2. The van der Waals surface area contributed by atoms with Crippen LogP contribution in [0.25, 0.3) is 0 Å².